The molecule has 1 amide bonds. The van der Waals surface area contributed by atoms with Crippen molar-refractivity contribution in [1.29, 1.82) is 0 Å². The van der Waals surface area contributed by atoms with Crippen LogP contribution in [0, 0.1) is 0 Å². The molecule has 7 nitrogen and oxygen atoms in total. The minimum atomic E-state index is -4.16. The molecule has 0 unspecified atom stereocenters. The fourth-order valence-corrected chi connectivity index (χ4v) is 4.90. The molecule has 4 rings (SSSR count). The Labute approximate surface area is 207 Å². The first-order chi connectivity index (χ1) is 15.3. The number of hydrogen-bond acceptors (Lipinski definition) is 6. The van der Waals surface area contributed by atoms with E-state index >= 15 is 0 Å². The van der Waals surface area contributed by atoms with Gasteiger partial charge in [0.15, 0.2) is 5.75 Å². The summed E-state index contributed by atoms with van der Waals surface area (Å²) in [7, 11) is -4.16. The van der Waals surface area contributed by atoms with Crippen LogP contribution in [0.25, 0.3) is 0 Å². The van der Waals surface area contributed by atoms with Gasteiger partial charge in [0, 0.05) is 22.8 Å². The Hall–Kier alpha value is -2.78. The maximum absolute atomic E-state index is 12.5. The molecule has 0 saturated heterocycles. The minimum absolute atomic E-state index is 0. The lowest BCUT2D eigenvalue weighted by Crippen LogP contribution is -2.30. The van der Waals surface area contributed by atoms with Crippen molar-refractivity contribution in [3.05, 3.63) is 87.4 Å². The summed E-state index contributed by atoms with van der Waals surface area (Å²) < 4.78 is 26.9. The molecule has 0 aromatic heterocycles. The van der Waals surface area contributed by atoms with Crippen molar-refractivity contribution >= 4 is 63.4 Å². The van der Waals surface area contributed by atoms with E-state index < -0.39 is 15.9 Å². The third-order valence-corrected chi connectivity index (χ3v) is 6.77. The van der Waals surface area contributed by atoms with Crippen molar-refractivity contribution in [3.8, 4) is 5.75 Å². The van der Waals surface area contributed by atoms with Gasteiger partial charge in [0.2, 0.25) is 0 Å². The molecule has 11 heteroatoms. The lowest BCUT2D eigenvalue weighted by Gasteiger charge is -2.09. The Kier molecular flexibility index (Phi) is 7.86. The summed E-state index contributed by atoms with van der Waals surface area (Å²) >= 11 is 11.7. The zero-order valence-corrected chi connectivity index (χ0v) is 20.1. The SMILES string of the molecule is Cl.O=C(NS(=O)(=O)c1ccc(Cl)cc1Cl)c1ccc(O/N=C/c2ccc3c(c2)CCN3)cc1. The van der Waals surface area contributed by atoms with Crippen LogP contribution in [0.3, 0.4) is 0 Å². The highest BCUT2D eigenvalue weighted by atomic mass is 35.5. The zero-order valence-electron chi connectivity index (χ0n) is 16.9. The second-order valence-electron chi connectivity index (χ2n) is 6.95. The average molecular weight is 527 g/mol. The van der Waals surface area contributed by atoms with E-state index in [1.165, 1.54) is 48.0 Å². The number of halogens is 3. The largest absolute Gasteiger partial charge is 0.384 e. The monoisotopic (exact) mass is 525 g/mol. The summed E-state index contributed by atoms with van der Waals surface area (Å²) in [6.45, 7) is 0.931. The Morgan fingerprint density at radius 2 is 1.82 bits per heavy atom. The molecule has 0 aliphatic carbocycles. The van der Waals surface area contributed by atoms with Gasteiger partial charge in [0.05, 0.1) is 11.2 Å². The summed E-state index contributed by atoms with van der Waals surface area (Å²) in [5.41, 5.74) is 3.41. The Morgan fingerprint density at radius 1 is 1.06 bits per heavy atom. The lowest BCUT2D eigenvalue weighted by molar-refractivity contribution is 0.0981. The van der Waals surface area contributed by atoms with Crippen LogP contribution in [-0.4, -0.2) is 27.1 Å². The number of amides is 1. The standard InChI is InChI=1S/C22H17Cl2N3O4S.ClH/c23-17-4-8-21(19(24)12-17)32(29,30)27-22(28)15-2-5-18(6-3-15)31-26-13-14-1-7-20-16(11-14)9-10-25-20;/h1-8,11-13,25H,9-10H2,(H,27,28);1H/b26-13+;. The predicted octanol–water partition coefficient (Wildman–Crippen LogP) is 4.91. The predicted molar refractivity (Wildman–Crippen MR) is 132 cm³/mol. The topological polar surface area (TPSA) is 96.9 Å². The molecule has 0 fully saturated rings. The molecule has 1 aliphatic rings. The molecule has 33 heavy (non-hydrogen) atoms. The number of sulfonamides is 1. The van der Waals surface area contributed by atoms with E-state index in [0.29, 0.717) is 5.75 Å². The average Bonchev–Trinajstić information content (AvgIpc) is 3.21. The highest BCUT2D eigenvalue weighted by Gasteiger charge is 2.21. The van der Waals surface area contributed by atoms with Gasteiger partial charge in [-0.3, -0.25) is 4.79 Å². The van der Waals surface area contributed by atoms with Gasteiger partial charge in [0.25, 0.3) is 15.9 Å². The van der Waals surface area contributed by atoms with Gasteiger partial charge in [-0.05, 0) is 72.1 Å². The number of oxime groups is 1. The van der Waals surface area contributed by atoms with Gasteiger partial charge in [0.1, 0.15) is 4.90 Å². The number of nitrogens with zero attached hydrogens (tertiary/aromatic N) is 1. The van der Waals surface area contributed by atoms with Crippen LogP contribution < -0.4 is 14.9 Å². The number of nitrogens with one attached hydrogen (secondary N) is 2. The highest BCUT2D eigenvalue weighted by Crippen LogP contribution is 2.25. The zero-order chi connectivity index (χ0) is 22.7. The molecule has 3 aromatic carbocycles. The van der Waals surface area contributed by atoms with E-state index in [0.717, 1.165) is 24.2 Å². The van der Waals surface area contributed by atoms with Crippen molar-refractivity contribution in [2.45, 2.75) is 11.3 Å². The molecule has 0 bridgehead atoms. The fourth-order valence-electron chi connectivity index (χ4n) is 3.15. The van der Waals surface area contributed by atoms with E-state index in [9.17, 15) is 13.2 Å². The van der Waals surface area contributed by atoms with Gasteiger partial charge in [-0.25, -0.2) is 13.1 Å². The van der Waals surface area contributed by atoms with Crippen LogP contribution in [0.2, 0.25) is 10.0 Å². The molecule has 1 heterocycles. The summed E-state index contributed by atoms with van der Waals surface area (Å²) in [6.07, 6.45) is 2.57. The summed E-state index contributed by atoms with van der Waals surface area (Å²) in [5, 5.41) is 7.45. The second kappa shape index (κ2) is 10.4. The highest BCUT2D eigenvalue weighted by molar-refractivity contribution is 7.90. The second-order valence-corrected chi connectivity index (χ2v) is 9.45. The summed E-state index contributed by atoms with van der Waals surface area (Å²) in [5.74, 6) is -0.415. The number of carbonyl (C=O) groups is 1. The first kappa shape index (κ1) is 24.9. The van der Waals surface area contributed by atoms with Crippen LogP contribution in [0.1, 0.15) is 21.5 Å². The van der Waals surface area contributed by atoms with E-state index in [1.807, 2.05) is 22.9 Å². The van der Waals surface area contributed by atoms with Crippen molar-refractivity contribution in [2.24, 2.45) is 5.16 Å². The summed E-state index contributed by atoms with van der Waals surface area (Å²) in [4.78, 5) is 17.5. The molecular weight excluding hydrogens is 509 g/mol. The van der Waals surface area contributed by atoms with Crippen molar-refractivity contribution in [1.82, 2.24) is 4.72 Å². The summed E-state index contributed by atoms with van der Waals surface area (Å²) in [6, 6.07) is 15.8. The molecule has 0 spiro atoms. The number of fused-ring (bicyclic) bond motifs is 1. The van der Waals surface area contributed by atoms with Crippen LogP contribution in [-0.2, 0) is 16.4 Å². The molecular formula is C22H18Cl3N3O4S. The molecule has 1 aliphatic heterocycles. The van der Waals surface area contributed by atoms with Gasteiger partial charge in [-0.1, -0.05) is 34.4 Å². The van der Waals surface area contributed by atoms with Crippen LogP contribution in [0.5, 0.6) is 5.75 Å². The van der Waals surface area contributed by atoms with Crippen molar-refractivity contribution in [2.75, 3.05) is 11.9 Å². The van der Waals surface area contributed by atoms with Crippen LogP contribution >= 0.6 is 35.6 Å². The number of benzene rings is 3. The van der Waals surface area contributed by atoms with E-state index in [-0.39, 0.29) is 32.9 Å². The Balaban J connectivity index is 0.00000306. The smallest absolute Gasteiger partial charge is 0.265 e. The van der Waals surface area contributed by atoms with Gasteiger partial charge < -0.3 is 10.2 Å². The molecule has 172 valence electrons. The van der Waals surface area contributed by atoms with Gasteiger partial charge in [-0.2, -0.15) is 0 Å². The molecule has 2 N–H and O–H groups in total. The normalized spacial score (nSPS) is 12.5. The Morgan fingerprint density at radius 3 is 2.55 bits per heavy atom. The van der Waals surface area contributed by atoms with Crippen molar-refractivity contribution < 1.29 is 18.0 Å². The Bertz CT molecular complexity index is 1310. The maximum atomic E-state index is 12.5. The molecule has 3 aromatic rings. The third kappa shape index (κ3) is 5.97. The van der Waals surface area contributed by atoms with E-state index in [2.05, 4.69) is 10.5 Å². The number of anilines is 1. The quantitative estimate of drug-likeness (QED) is 0.351. The first-order valence-corrected chi connectivity index (χ1v) is 11.8. The van der Waals surface area contributed by atoms with Gasteiger partial charge >= 0.3 is 0 Å². The molecule has 0 radical (unpaired) electrons. The van der Waals surface area contributed by atoms with Crippen molar-refractivity contribution in [3.63, 3.8) is 0 Å². The fraction of sp³-hybridized carbons (Fsp3) is 0.0909. The van der Waals surface area contributed by atoms with Crippen LogP contribution in [0.15, 0.2) is 70.7 Å². The lowest BCUT2D eigenvalue weighted by atomic mass is 10.1. The molecule has 0 saturated carbocycles. The van der Waals surface area contributed by atoms with E-state index in [4.69, 9.17) is 28.0 Å². The minimum Gasteiger partial charge on any atom is -0.384 e. The number of carbonyl (C=O) groups excluding carboxylic acids is 1. The van der Waals surface area contributed by atoms with E-state index in [1.54, 1.807) is 6.21 Å². The third-order valence-electron chi connectivity index (χ3n) is 4.73. The molecule has 0 atom stereocenters. The first-order valence-electron chi connectivity index (χ1n) is 9.51. The number of rotatable bonds is 6. The maximum Gasteiger partial charge on any atom is 0.265 e. The van der Waals surface area contributed by atoms with Crippen LogP contribution in [0.4, 0.5) is 5.69 Å². The van der Waals surface area contributed by atoms with Gasteiger partial charge in [-0.15, -0.1) is 12.4 Å². The number of hydrogen-bond donors (Lipinski definition) is 2.